The summed E-state index contributed by atoms with van der Waals surface area (Å²) in [5, 5.41) is 11.1. The van der Waals surface area contributed by atoms with Gasteiger partial charge in [-0.25, -0.2) is 9.36 Å². The Hall–Kier alpha value is -2.72. The predicted molar refractivity (Wildman–Crippen MR) is 133 cm³/mol. The number of nitrogens with one attached hydrogen (secondary N) is 1. The molecule has 1 unspecified atom stereocenters. The van der Waals surface area contributed by atoms with Crippen molar-refractivity contribution in [2.24, 2.45) is 11.3 Å². The molecule has 4 rings (SSSR count). The van der Waals surface area contributed by atoms with Gasteiger partial charge in [-0.3, -0.25) is 23.7 Å². The molecule has 2 N–H and O–H groups in total. The van der Waals surface area contributed by atoms with E-state index in [0.29, 0.717) is 25.0 Å². The van der Waals surface area contributed by atoms with Crippen LogP contribution in [0.25, 0.3) is 0 Å². The number of aromatic nitrogens is 2. The highest BCUT2D eigenvalue weighted by Crippen LogP contribution is 2.62. The Bertz CT molecular complexity index is 1250. The highest BCUT2D eigenvalue weighted by atomic mass is 31.2. The number of para-hydroxylation sites is 1. The molecule has 2 fully saturated rings. The van der Waals surface area contributed by atoms with Gasteiger partial charge in [0.15, 0.2) is 0 Å². The fraction of sp³-hybridized carbons (Fsp3) is 0.560. The summed E-state index contributed by atoms with van der Waals surface area (Å²) >= 11 is 0. The number of ether oxygens (including phenoxy) is 2. The number of carbonyl (C=O) groups is 1. The van der Waals surface area contributed by atoms with E-state index < -0.39 is 54.6 Å². The zero-order valence-electron chi connectivity index (χ0n) is 21.1. The van der Waals surface area contributed by atoms with Gasteiger partial charge in [-0.15, -0.1) is 0 Å². The van der Waals surface area contributed by atoms with Gasteiger partial charge < -0.3 is 19.1 Å². The first kappa shape index (κ1) is 27.3. The SMILES string of the molecule is CC[C@H](CP(=O)(OC[C@H]1O[C@@H](n2ccc(=O)[nH]c2=O)C2(CC2)[C@@H]1O)Oc1ccccc1)C(=O)OC(C)C. The van der Waals surface area contributed by atoms with Crippen molar-refractivity contribution >= 4 is 13.6 Å². The smallest absolute Gasteiger partial charge is 0.380 e. The van der Waals surface area contributed by atoms with E-state index in [4.69, 9.17) is 18.5 Å². The van der Waals surface area contributed by atoms with Crippen LogP contribution in [0.1, 0.15) is 46.3 Å². The Morgan fingerprint density at radius 2 is 1.95 bits per heavy atom. The molecule has 2 aromatic rings. The minimum absolute atomic E-state index is 0.222. The Morgan fingerprint density at radius 3 is 2.54 bits per heavy atom. The first-order chi connectivity index (χ1) is 17.6. The molecular weight excluding hydrogens is 503 g/mol. The predicted octanol–water partition coefficient (Wildman–Crippen LogP) is 2.84. The highest BCUT2D eigenvalue weighted by molar-refractivity contribution is 7.54. The van der Waals surface area contributed by atoms with Gasteiger partial charge >= 0.3 is 19.3 Å². The summed E-state index contributed by atoms with van der Waals surface area (Å²) in [6.45, 7) is 4.96. The first-order valence-electron chi connectivity index (χ1n) is 12.4. The fourth-order valence-electron chi connectivity index (χ4n) is 4.58. The van der Waals surface area contributed by atoms with Crippen molar-refractivity contribution in [3.05, 3.63) is 63.4 Å². The molecule has 0 radical (unpaired) electrons. The third-order valence-electron chi connectivity index (χ3n) is 6.71. The Labute approximate surface area is 214 Å². The van der Waals surface area contributed by atoms with Crippen molar-refractivity contribution in [1.82, 2.24) is 9.55 Å². The third-order valence-corrected chi connectivity index (χ3v) is 8.63. The highest BCUT2D eigenvalue weighted by Gasteiger charge is 2.64. The maximum Gasteiger partial charge on any atom is 0.380 e. The zero-order valence-corrected chi connectivity index (χ0v) is 22.0. The van der Waals surface area contributed by atoms with Crippen LogP contribution in [-0.2, 0) is 23.4 Å². The van der Waals surface area contributed by atoms with Crippen molar-refractivity contribution in [3.63, 3.8) is 0 Å². The van der Waals surface area contributed by atoms with Crippen LogP contribution in [0.3, 0.4) is 0 Å². The molecule has 1 spiro atoms. The summed E-state index contributed by atoms with van der Waals surface area (Å²) in [5.41, 5.74) is -1.90. The quantitative estimate of drug-likeness (QED) is 0.327. The van der Waals surface area contributed by atoms with Crippen molar-refractivity contribution in [1.29, 1.82) is 0 Å². The number of H-pyrrole nitrogens is 1. The summed E-state index contributed by atoms with van der Waals surface area (Å²) in [6.07, 6.45) is -0.383. The number of hydrogen-bond acceptors (Lipinski definition) is 9. The molecule has 1 aliphatic carbocycles. The molecular formula is C25H33N2O9P. The number of carbonyl (C=O) groups excluding carboxylic acids is 1. The molecule has 11 nitrogen and oxygen atoms in total. The van der Waals surface area contributed by atoms with Crippen LogP contribution in [0.4, 0.5) is 0 Å². The molecule has 1 saturated heterocycles. The summed E-state index contributed by atoms with van der Waals surface area (Å²) in [6, 6.07) is 9.68. The number of aromatic amines is 1. The van der Waals surface area contributed by atoms with Gasteiger partial charge in [0.2, 0.25) is 0 Å². The van der Waals surface area contributed by atoms with Crippen LogP contribution in [0.15, 0.2) is 52.2 Å². The van der Waals surface area contributed by atoms with E-state index in [-0.39, 0.29) is 18.9 Å². The molecule has 1 saturated carbocycles. The number of rotatable bonds is 11. The standard InChI is InChI=1S/C25H33N2O9P/c1-4-17(22(30)34-16(2)3)15-37(32,36-18-8-6-5-7-9-18)33-14-19-21(29)25(11-12-25)23(35-19)27-13-10-20(28)26-24(27)31/h5-10,13,16-17,19,21,23,29H,4,11-12,14-15H2,1-3H3,(H,26,28,31)/t17-,19-,21-,23-,37?/m1/s1. The van der Waals surface area contributed by atoms with Gasteiger partial charge in [-0.05, 0) is 45.2 Å². The molecule has 2 aliphatic rings. The van der Waals surface area contributed by atoms with Crippen LogP contribution < -0.4 is 15.8 Å². The number of esters is 1. The van der Waals surface area contributed by atoms with Crippen LogP contribution >= 0.6 is 7.60 Å². The number of nitrogens with zero attached hydrogens (tertiary/aromatic N) is 1. The van der Waals surface area contributed by atoms with Crippen LogP contribution in [-0.4, -0.2) is 51.7 Å². The van der Waals surface area contributed by atoms with Gasteiger partial charge in [0.1, 0.15) is 18.1 Å². The Morgan fingerprint density at radius 1 is 1.24 bits per heavy atom. The number of aliphatic hydroxyl groups excluding tert-OH is 1. The van der Waals surface area contributed by atoms with E-state index in [1.165, 1.54) is 16.8 Å². The Kier molecular flexibility index (Phi) is 8.08. The lowest BCUT2D eigenvalue weighted by Gasteiger charge is -2.25. The van der Waals surface area contributed by atoms with E-state index in [2.05, 4.69) is 4.98 Å². The van der Waals surface area contributed by atoms with Crippen LogP contribution in [0.2, 0.25) is 0 Å². The molecule has 0 amide bonds. The lowest BCUT2D eigenvalue weighted by Crippen LogP contribution is -2.35. The van der Waals surface area contributed by atoms with E-state index in [1.54, 1.807) is 51.1 Å². The first-order valence-corrected chi connectivity index (χ1v) is 14.1. The molecule has 202 valence electrons. The van der Waals surface area contributed by atoms with Crippen LogP contribution in [0.5, 0.6) is 5.75 Å². The van der Waals surface area contributed by atoms with Gasteiger partial charge in [-0.1, -0.05) is 25.1 Å². The molecule has 12 heteroatoms. The summed E-state index contributed by atoms with van der Waals surface area (Å²) in [7, 11) is -3.93. The van der Waals surface area contributed by atoms with Gasteiger partial charge in [0.05, 0.1) is 30.9 Å². The molecule has 2 heterocycles. The van der Waals surface area contributed by atoms with Crippen molar-refractivity contribution in [2.45, 2.75) is 64.6 Å². The van der Waals surface area contributed by atoms with Gasteiger partial charge in [0.25, 0.3) is 5.56 Å². The second-order valence-corrected chi connectivity index (χ2v) is 11.8. The van der Waals surface area contributed by atoms with Crippen LogP contribution in [0, 0.1) is 11.3 Å². The molecule has 1 aromatic heterocycles. The minimum atomic E-state index is -3.93. The second-order valence-electron chi connectivity index (χ2n) is 9.81. The minimum Gasteiger partial charge on any atom is -0.463 e. The average Bonchev–Trinajstić information content (AvgIpc) is 3.60. The van der Waals surface area contributed by atoms with Gasteiger partial charge in [-0.2, -0.15) is 0 Å². The third kappa shape index (κ3) is 6.06. The molecule has 0 bridgehead atoms. The maximum absolute atomic E-state index is 13.9. The molecule has 1 aliphatic heterocycles. The molecule has 37 heavy (non-hydrogen) atoms. The summed E-state index contributed by atoms with van der Waals surface area (Å²) < 4.78 is 38.2. The monoisotopic (exact) mass is 536 g/mol. The molecule has 5 atom stereocenters. The van der Waals surface area contributed by atoms with E-state index in [0.717, 1.165) is 0 Å². The maximum atomic E-state index is 13.9. The van der Waals surface area contributed by atoms with Gasteiger partial charge in [0, 0.05) is 17.7 Å². The van der Waals surface area contributed by atoms with Crippen molar-refractivity contribution in [2.75, 3.05) is 12.8 Å². The zero-order chi connectivity index (χ0) is 26.8. The molecule has 1 aromatic carbocycles. The Balaban J connectivity index is 1.53. The van der Waals surface area contributed by atoms with E-state index in [9.17, 15) is 24.1 Å². The normalized spacial score (nSPS) is 24.5. The lowest BCUT2D eigenvalue weighted by molar-refractivity contribution is -0.151. The van der Waals surface area contributed by atoms with Crippen molar-refractivity contribution in [3.8, 4) is 5.75 Å². The lowest BCUT2D eigenvalue weighted by atomic mass is 9.96. The van der Waals surface area contributed by atoms with Crippen molar-refractivity contribution < 1.29 is 33.0 Å². The van der Waals surface area contributed by atoms with E-state index in [1.807, 2.05) is 0 Å². The fourth-order valence-corrected chi connectivity index (χ4v) is 6.57. The largest absolute Gasteiger partial charge is 0.463 e. The number of hydrogen-bond donors (Lipinski definition) is 2. The number of benzene rings is 1. The second kappa shape index (κ2) is 10.9. The topological polar surface area (TPSA) is 146 Å². The van der Waals surface area contributed by atoms with E-state index >= 15 is 0 Å². The summed E-state index contributed by atoms with van der Waals surface area (Å²) in [4.78, 5) is 38.7. The summed E-state index contributed by atoms with van der Waals surface area (Å²) in [5.74, 6) is -0.916. The average molecular weight is 537 g/mol. The number of aliphatic hydroxyl groups is 1.